The second-order valence-electron chi connectivity index (χ2n) is 5.63. The molecule has 106 valence electrons. The van der Waals surface area contributed by atoms with Crippen molar-refractivity contribution < 1.29 is 14.6 Å². The number of aliphatic carboxylic acids is 1. The second kappa shape index (κ2) is 8.48. The zero-order chi connectivity index (χ0) is 13.4. The Balaban J connectivity index is 1.99. The van der Waals surface area contributed by atoms with E-state index in [2.05, 4.69) is 19.2 Å². The van der Waals surface area contributed by atoms with Crippen LogP contribution in [0.15, 0.2) is 0 Å². The van der Waals surface area contributed by atoms with E-state index in [-0.39, 0.29) is 5.92 Å². The summed E-state index contributed by atoms with van der Waals surface area (Å²) < 4.78 is 5.50. The molecule has 1 aliphatic rings. The SMILES string of the molecule is CC(C)CCOCCNCC1CCCC1C(=O)O. The molecule has 0 radical (unpaired) electrons. The van der Waals surface area contributed by atoms with Crippen LogP contribution >= 0.6 is 0 Å². The van der Waals surface area contributed by atoms with Gasteiger partial charge in [-0.3, -0.25) is 4.79 Å². The molecule has 1 rings (SSSR count). The summed E-state index contributed by atoms with van der Waals surface area (Å²) in [5.74, 6) is 0.220. The summed E-state index contributed by atoms with van der Waals surface area (Å²) in [7, 11) is 0. The van der Waals surface area contributed by atoms with Crippen molar-refractivity contribution in [2.75, 3.05) is 26.3 Å². The lowest BCUT2D eigenvalue weighted by atomic mass is 9.96. The molecule has 0 heterocycles. The molecule has 4 nitrogen and oxygen atoms in total. The molecule has 0 aromatic carbocycles. The molecule has 1 fully saturated rings. The zero-order valence-electron chi connectivity index (χ0n) is 11.7. The molecule has 0 amide bonds. The minimum Gasteiger partial charge on any atom is -0.481 e. The summed E-state index contributed by atoms with van der Waals surface area (Å²) in [5.41, 5.74) is 0. The van der Waals surface area contributed by atoms with Gasteiger partial charge in [-0.25, -0.2) is 0 Å². The lowest BCUT2D eigenvalue weighted by Crippen LogP contribution is -2.31. The van der Waals surface area contributed by atoms with Gasteiger partial charge in [-0.05, 0) is 37.6 Å². The van der Waals surface area contributed by atoms with E-state index in [1.807, 2.05) is 0 Å². The molecule has 4 heteroatoms. The maximum atomic E-state index is 11.0. The highest BCUT2D eigenvalue weighted by atomic mass is 16.5. The van der Waals surface area contributed by atoms with Gasteiger partial charge in [0.1, 0.15) is 0 Å². The van der Waals surface area contributed by atoms with Crippen molar-refractivity contribution in [3.63, 3.8) is 0 Å². The molecule has 18 heavy (non-hydrogen) atoms. The van der Waals surface area contributed by atoms with Crippen molar-refractivity contribution in [1.82, 2.24) is 5.32 Å². The van der Waals surface area contributed by atoms with E-state index in [1.165, 1.54) is 0 Å². The Bertz CT molecular complexity index is 243. The van der Waals surface area contributed by atoms with Crippen LogP contribution in [0.4, 0.5) is 0 Å². The summed E-state index contributed by atoms with van der Waals surface area (Å²) in [6, 6.07) is 0. The van der Waals surface area contributed by atoms with Gasteiger partial charge in [0.05, 0.1) is 12.5 Å². The summed E-state index contributed by atoms with van der Waals surface area (Å²) >= 11 is 0. The van der Waals surface area contributed by atoms with E-state index in [1.54, 1.807) is 0 Å². The number of rotatable bonds is 9. The lowest BCUT2D eigenvalue weighted by molar-refractivity contribution is -0.142. The number of hydrogen-bond acceptors (Lipinski definition) is 3. The number of carboxylic acids is 1. The van der Waals surface area contributed by atoms with E-state index in [0.717, 1.165) is 52.0 Å². The Kier molecular flexibility index (Phi) is 7.28. The Hall–Kier alpha value is -0.610. The van der Waals surface area contributed by atoms with E-state index < -0.39 is 5.97 Å². The fraction of sp³-hybridized carbons (Fsp3) is 0.929. The first-order valence-electron chi connectivity index (χ1n) is 7.12. The standard InChI is InChI=1S/C14H27NO3/c1-11(2)6-8-18-9-7-15-10-12-4-3-5-13(12)14(16)17/h11-13,15H,3-10H2,1-2H3,(H,16,17). The van der Waals surface area contributed by atoms with Crippen LogP contribution in [0, 0.1) is 17.8 Å². The Morgan fingerprint density at radius 1 is 1.39 bits per heavy atom. The molecule has 1 aliphatic carbocycles. The average Bonchev–Trinajstić information content (AvgIpc) is 2.75. The molecule has 0 spiro atoms. The number of hydrogen-bond donors (Lipinski definition) is 2. The van der Waals surface area contributed by atoms with Gasteiger partial charge in [-0.1, -0.05) is 20.3 Å². The molecule has 2 N–H and O–H groups in total. The topological polar surface area (TPSA) is 58.6 Å². The number of ether oxygens (including phenoxy) is 1. The van der Waals surface area contributed by atoms with Gasteiger partial charge in [0.2, 0.25) is 0 Å². The third-order valence-corrected chi connectivity index (χ3v) is 3.65. The predicted octanol–water partition coefficient (Wildman–Crippen LogP) is 2.14. The second-order valence-corrected chi connectivity index (χ2v) is 5.63. The fourth-order valence-corrected chi connectivity index (χ4v) is 2.46. The van der Waals surface area contributed by atoms with Crippen molar-refractivity contribution in [3.8, 4) is 0 Å². The Morgan fingerprint density at radius 3 is 2.83 bits per heavy atom. The van der Waals surface area contributed by atoms with Crippen molar-refractivity contribution in [2.24, 2.45) is 17.8 Å². The predicted molar refractivity (Wildman–Crippen MR) is 71.6 cm³/mol. The van der Waals surface area contributed by atoms with E-state index in [9.17, 15) is 4.79 Å². The lowest BCUT2D eigenvalue weighted by Gasteiger charge is -2.16. The van der Waals surface area contributed by atoms with Crippen LogP contribution in [0.5, 0.6) is 0 Å². The van der Waals surface area contributed by atoms with E-state index in [0.29, 0.717) is 11.8 Å². The first kappa shape index (κ1) is 15.4. The van der Waals surface area contributed by atoms with Crippen LogP contribution in [-0.4, -0.2) is 37.4 Å². The van der Waals surface area contributed by atoms with Crippen molar-refractivity contribution >= 4 is 5.97 Å². The third-order valence-electron chi connectivity index (χ3n) is 3.65. The molecule has 0 aliphatic heterocycles. The van der Waals surface area contributed by atoms with Gasteiger partial charge in [0.25, 0.3) is 0 Å². The highest BCUT2D eigenvalue weighted by Gasteiger charge is 2.32. The first-order chi connectivity index (χ1) is 8.61. The average molecular weight is 257 g/mol. The van der Waals surface area contributed by atoms with Crippen LogP contribution in [-0.2, 0) is 9.53 Å². The van der Waals surface area contributed by atoms with Crippen molar-refractivity contribution in [1.29, 1.82) is 0 Å². The van der Waals surface area contributed by atoms with Crippen molar-refractivity contribution in [3.05, 3.63) is 0 Å². The van der Waals surface area contributed by atoms with E-state index in [4.69, 9.17) is 9.84 Å². The summed E-state index contributed by atoms with van der Waals surface area (Å²) in [6.07, 6.45) is 4.03. The minimum absolute atomic E-state index is 0.139. The first-order valence-corrected chi connectivity index (χ1v) is 7.12. The fourth-order valence-electron chi connectivity index (χ4n) is 2.46. The van der Waals surface area contributed by atoms with Gasteiger partial charge < -0.3 is 15.2 Å². The van der Waals surface area contributed by atoms with Gasteiger partial charge >= 0.3 is 5.97 Å². The van der Waals surface area contributed by atoms with Crippen LogP contribution < -0.4 is 5.32 Å². The summed E-state index contributed by atoms with van der Waals surface area (Å²) in [4.78, 5) is 11.0. The molecule has 0 bridgehead atoms. The zero-order valence-corrected chi connectivity index (χ0v) is 11.7. The number of carbonyl (C=O) groups is 1. The molecule has 2 unspecified atom stereocenters. The van der Waals surface area contributed by atoms with Crippen LogP contribution in [0.25, 0.3) is 0 Å². The Labute approximate surface area is 110 Å². The van der Waals surface area contributed by atoms with Gasteiger partial charge in [-0.2, -0.15) is 0 Å². The maximum Gasteiger partial charge on any atom is 0.306 e. The maximum absolute atomic E-state index is 11.0. The molecule has 0 aromatic heterocycles. The van der Waals surface area contributed by atoms with E-state index >= 15 is 0 Å². The van der Waals surface area contributed by atoms with Crippen LogP contribution in [0.1, 0.15) is 39.5 Å². The molecular weight excluding hydrogens is 230 g/mol. The van der Waals surface area contributed by atoms with Crippen LogP contribution in [0.2, 0.25) is 0 Å². The highest BCUT2D eigenvalue weighted by molar-refractivity contribution is 5.70. The van der Waals surface area contributed by atoms with Crippen molar-refractivity contribution in [2.45, 2.75) is 39.5 Å². The molecular formula is C14H27NO3. The van der Waals surface area contributed by atoms with Gasteiger partial charge in [-0.15, -0.1) is 0 Å². The molecule has 2 atom stereocenters. The van der Waals surface area contributed by atoms with Gasteiger partial charge in [0.15, 0.2) is 0 Å². The van der Waals surface area contributed by atoms with Gasteiger partial charge in [0, 0.05) is 13.2 Å². The third kappa shape index (κ3) is 5.83. The normalized spacial score (nSPS) is 23.7. The molecule has 0 aromatic rings. The Morgan fingerprint density at radius 2 is 2.17 bits per heavy atom. The number of nitrogens with one attached hydrogen (secondary N) is 1. The smallest absolute Gasteiger partial charge is 0.306 e. The largest absolute Gasteiger partial charge is 0.481 e. The summed E-state index contributed by atoms with van der Waals surface area (Å²) in [6.45, 7) is 7.55. The van der Waals surface area contributed by atoms with Crippen LogP contribution in [0.3, 0.4) is 0 Å². The monoisotopic (exact) mass is 257 g/mol. The summed E-state index contributed by atoms with van der Waals surface area (Å²) in [5, 5.41) is 12.4. The highest BCUT2D eigenvalue weighted by Crippen LogP contribution is 2.31. The quantitative estimate of drug-likeness (QED) is 0.621. The number of carboxylic acid groups (broad SMARTS) is 1. The molecule has 1 saturated carbocycles. The molecule has 0 saturated heterocycles. The minimum atomic E-state index is -0.632.